The second-order valence-corrected chi connectivity index (χ2v) is 4.85. The number of amides is 2. The summed E-state index contributed by atoms with van der Waals surface area (Å²) >= 11 is 1.66. The van der Waals surface area contributed by atoms with Gasteiger partial charge in [-0.25, -0.2) is 0 Å². The van der Waals surface area contributed by atoms with Crippen molar-refractivity contribution in [3.63, 3.8) is 0 Å². The van der Waals surface area contributed by atoms with E-state index in [2.05, 4.69) is 0 Å². The highest BCUT2D eigenvalue weighted by Gasteiger charge is 2.34. The van der Waals surface area contributed by atoms with Crippen molar-refractivity contribution >= 4 is 23.2 Å². The topological polar surface area (TPSA) is 37.4 Å². The van der Waals surface area contributed by atoms with Crippen LogP contribution in [-0.2, 0) is 16.0 Å². The van der Waals surface area contributed by atoms with Crippen LogP contribution in [0.3, 0.4) is 0 Å². The van der Waals surface area contributed by atoms with E-state index in [9.17, 15) is 9.59 Å². The van der Waals surface area contributed by atoms with Crippen molar-refractivity contribution < 1.29 is 9.59 Å². The molecule has 2 rings (SSSR count). The van der Waals surface area contributed by atoms with E-state index in [-0.39, 0.29) is 17.7 Å². The van der Waals surface area contributed by atoms with Gasteiger partial charge in [0.15, 0.2) is 0 Å². The number of nitrogens with zero attached hydrogens (tertiary/aromatic N) is 1. The number of imide groups is 1. The zero-order chi connectivity index (χ0) is 10.8. The molecule has 1 aromatic rings. The first kappa shape index (κ1) is 10.4. The summed E-state index contributed by atoms with van der Waals surface area (Å²) in [5.41, 5.74) is 0. The number of carbonyl (C=O) groups is 2. The maximum Gasteiger partial charge on any atom is 0.232 e. The quantitative estimate of drug-likeness (QED) is 0.731. The molecule has 4 heteroatoms. The zero-order valence-electron chi connectivity index (χ0n) is 8.60. The molecule has 0 spiro atoms. The molecule has 0 unspecified atom stereocenters. The molecule has 80 valence electrons. The van der Waals surface area contributed by atoms with Gasteiger partial charge in [0, 0.05) is 23.8 Å². The largest absolute Gasteiger partial charge is 0.282 e. The molecule has 2 heterocycles. The lowest BCUT2D eigenvalue weighted by atomic mass is 10.1. The third-order valence-electron chi connectivity index (χ3n) is 2.63. The summed E-state index contributed by atoms with van der Waals surface area (Å²) in [7, 11) is 0. The second kappa shape index (κ2) is 4.14. The molecule has 0 aliphatic carbocycles. The molecule has 0 radical (unpaired) electrons. The van der Waals surface area contributed by atoms with Crippen LogP contribution in [-0.4, -0.2) is 23.3 Å². The Morgan fingerprint density at radius 1 is 1.53 bits per heavy atom. The average Bonchev–Trinajstić information content (AvgIpc) is 2.76. The van der Waals surface area contributed by atoms with Gasteiger partial charge in [-0.3, -0.25) is 14.5 Å². The van der Waals surface area contributed by atoms with Gasteiger partial charge in [-0.05, 0) is 17.9 Å². The molecule has 1 saturated heterocycles. The Kier molecular flexibility index (Phi) is 2.86. The van der Waals surface area contributed by atoms with E-state index in [1.165, 1.54) is 9.78 Å². The maximum absolute atomic E-state index is 11.6. The molecule has 3 nitrogen and oxygen atoms in total. The minimum atomic E-state index is -0.124. The van der Waals surface area contributed by atoms with E-state index in [0.717, 1.165) is 6.42 Å². The number of thiophene rings is 1. The van der Waals surface area contributed by atoms with E-state index < -0.39 is 0 Å². The van der Waals surface area contributed by atoms with Gasteiger partial charge in [-0.15, -0.1) is 11.3 Å². The van der Waals surface area contributed by atoms with Crippen LogP contribution in [0.4, 0.5) is 0 Å². The van der Waals surface area contributed by atoms with Gasteiger partial charge in [-0.2, -0.15) is 0 Å². The first-order valence-electron chi connectivity index (χ1n) is 5.05. The van der Waals surface area contributed by atoms with Crippen LogP contribution < -0.4 is 0 Å². The second-order valence-electron chi connectivity index (χ2n) is 3.82. The smallest absolute Gasteiger partial charge is 0.232 e. The molecule has 15 heavy (non-hydrogen) atoms. The van der Waals surface area contributed by atoms with Gasteiger partial charge < -0.3 is 0 Å². The van der Waals surface area contributed by atoms with Crippen LogP contribution in [0.5, 0.6) is 0 Å². The van der Waals surface area contributed by atoms with Gasteiger partial charge in [-0.1, -0.05) is 13.0 Å². The van der Waals surface area contributed by atoms with Gasteiger partial charge >= 0.3 is 0 Å². The summed E-state index contributed by atoms with van der Waals surface area (Å²) < 4.78 is 0. The lowest BCUT2D eigenvalue weighted by Crippen LogP contribution is -2.32. The van der Waals surface area contributed by atoms with Crippen molar-refractivity contribution in [3.05, 3.63) is 22.4 Å². The Morgan fingerprint density at radius 3 is 2.87 bits per heavy atom. The van der Waals surface area contributed by atoms with E-state index in [4.69, 9.17) is 0 Å². The summed E-state index contributed by atoms with van der Waals surface area (Å²) in [5, 5.41) is 2.01. The fourth-order valence-corrected chi connectivity index (χ4v) is 2.46. The lowest BCUT2D eigenvalue weighted by molar-refractivity contribution is -0.139. The zero-order valence-corrected chi connectivity index (χ0v) is 9.42. The van der Waals surface area contributed by atoms with E-state index in [1.807, 2.05) is 24.4 Å². The standard InChI is InChI=1S/C11H13NO2S/c1-8-7-10(13)12(11(8)14)5-4-9-3-2-6-15-9/h2-3,6,8H,4-5,7H2,1H3/t8-/m1/s1. The predicted octanol–water partition coefficient (Wildman–Crippen LogP) is 1.69. The molecule has 1 fully saturated rings. The SMILES string of the molecule is C[C@@H]1CC(=O)N(CCc2cccs2)C1=O. The first-order valence-corrected chi connectivity index (χ1v) is 5.93. The number of carbonyl (C=O) groups excluding carboxylic acids is 2. The van der Waals surface area contributed by atoms with E-state index in [0.29, 0.717) is 13.0 Å². The fourth-order valence-electron chi connectivity index (χ4n) is 1.76. The average molecular weight is 223 g/mol. The molecule has 1 aromatic heterocycles. The van der Waals surface area contributed by atoms with E-state index >= 15 is 0 Å². The van der Waals surface area contributed by atoms with Gasteiger partial charge in [0.05, 0.1) is 0 Å². The number of hydrogen-bond donors (Lipinski definition) is 0. The highest BCUT2D eigenvalue weighted by molar-refractivity contribution is 7.09. The minimum Gasteiger partial charge on any atom is -0.282 e. The molecule has 0 saturated carbocycles. The van der Waals surface area contributed by atoms with Crippen molar-refractivity contribution in [3.8, 4) is 0 Å². The van der Waals surface area contributed by atoms with Crippen molar-refractivity contribution in [2.75, 3.05) is 6.54 Å². The monoisotopic (exact) mass is 223 g/mol. The number of hydrogen-bond acceptors (Lipinski definition) is 3. The number of likely N-dealkylation sites (tertiary alicyclic amines) is 1. The summed E-state index contributed by atoms with van der Waals surface area (Å²) in [6.45, 7) is 2.34. The Bertz CT molecular complexity index is 372. The molecule has 0 bridgehead atoms. The van der Waals surface area contributed by atoms with Gasteiger partial charge in [0.25, 0.3) is 0 Å². The molecule has 2 amide bonds. The van der Waals surface area contributed by atoms with Crippen molar-refractivity contribution in [1.29, 1.82) is 0 Å². The molecular weight excluding hydrogens is 210 g/mol. The highest BCUT2D eigenvalue weighted by atomic mass is 32.1. The van der Waals surface area contributed by atoms with Crippen LogP contribution in [0.25, 0.3) is 0 Å². The van der Waals surface area contributed by atoms with Crippen LogP contribution in [0.2, 0.25) is 0 Å². The minimum absolute atomic E-state index is 0.0171. The summed E-state index contributed by atoms with van der Waals surface area (Å²) in [5.74, 6) is -0.165. The summed E-state index contributed by atoms with van der Waals surface area (Å²) in [4.78, 5) is 25.7. The Balaban J connectivity index is 1.95. The predicted molar refractivity (Wildman–Crippen MR) is 58.5 cm³/mol. The molecule has 0 N–H and O–H groups in total. The maximum atomic E-state index is 11.6. The number of rotatable bonds is 3. The molecular formula is C11H13NO2S. The van der Waals surface area contributed by atoms with Gasteiger partial charge in [0.1, 0.15) is 0 Å². The summed E-state index contributed by atoms with van der Waals surface area (Å²) in [6.07, 6.45) is 1.16. The van der Waals surface area contributed by atoms with Crippen molar-refractivity contribution in [1.82, 2.24) is 4.90 Å². The molecule has 0 aromatic carbocycles. The van der Waals surface area contributed by atoms with Crippen LogP contribution >= 0.6 is 11.3 Å². The lowest BCUT2D eigenvalue weighted by Gasteiger charge is -2.13. The van der Waals surface area contributed by atoms with Gasteiger partial charge in [0.2, 0.25) is 11.8 Å². The Hall–Kier alpha value is -1.16. The fraction of sp³-hybridized carbons (Fsp3) is 0.455. The molecule has 1 atom stereocenters. The molecule has 1 aliphatic rings. The molecule has 1 aliphatic heterocycles. The normalized spacial score (nSPS) is 21.4. The first-order chi connectivity index (χ1) is 7.18. The van der Waals surface area contributed by atoms with Crippen molar-refractivity contribution in [2.45, 2.75) is 19.8 Å². The third kappa shape index (κ3) is 2.09. The van der Waals surface area contributed by atoms with Crippen LogP contribution in [0.15, 0.2) is 17.5 Å². The van der Waals surface area contributed by atoms with Crippen molar-refractivity contribution in [2.24, 2.45) is 5.92 Å². The third-order valence-corrected chi connectivity index (χ3v) is 3.57. The Labute approximate surface area is 92.7 Å². The Morgan fingerprint density at radius 2 is 2.33 bits per heavy atom. The van der Waals surface area contributed by atoms with Crippen LogP contribution in [0, 0.1) is 5.92 Å². The van der Waals surface area contributed by atoms with Crippen LogP contribution in [0.1, 0.15) is 18.2 Å². The summed E-state index contributed by atoms with van der Waals surface area (Å²) in [6, 6.07) is 4.01. The van der Waals surface area contributed by atoms with E-state index in [1.54, 1.807) is 11.3 Å². The highest BCUT2D eigenvalue weighted by Crippen LogP contribution is 2.19.